The molecule has 15 nitrogen and oxygen atoms in total. The molecule has 6 aromatic rings. The number of benzene rings is 3. The number of fused-ring (bicyclic) bond motifs is 2. The van der Waals surface area contributed by atoms with Crippen LogP contribution in [0.3, 0.4) is 0 Å². The predicted octanol–water partition coefficient (Wildman–Crippen LogP) is 6.10. The van der Waals surface area contributed by atoms with Crippen molar-refractivity contribution in [2.45, 2.75) is 76.8 Å². The number of aromatic nitrogens is 4. The molecule has 3 aromatic heterocycles. The molecule has 1 N–H and O–H groups in total. The normalized spacial score (nSPS) is 18.4. The molecule has 66 heavy (non-hydrogen) atoms. The number of carbonyl (C=O) groups excluding carboxylic acids is 4. The van der Waals surface area contributed by atoms with Gasteiger partial charge in [0.1, 0.15) is 17.4 Å². The van der Waals surface area contributed by atoms with E-state index in [2.05, 4.69) is 32.3 Å². The maximum atomic E-state index is 16.8. The Morgan fingerprint density at radius 1 is 0.970 bits per heavy atom. The molecule has 0 bridgehead atoms. The Hall–Kier alpha value is -6.55. The number of imide groups is 1. The number of anilines is 1. The van der Waals surface area contributed by atoms with Crippen LogP contribution >= 0.6 is 0 Å². The highest BCUT2D eigenvalue weighted by Gasteiger charge is 2.33. The van der Waals surface area contributed by atoms with Crippen molar-refractivity contribution in [2.75, 3.05) is 64.3 Å². The number of halogens is 1. The van der Waals surface area contributed by atoms with Crippen molar-refractivity contribution in [1.82, 2.24) is 38.9 Å². The zero-order valence-electron chi connectivity index (χ0n) is 38.0. The predicted molar refractivity (Wildman–Crippen MR) is 250 cm³/mol. The van der Waals surface area contributed by atoms with Crippen molar-refractivity contribution < 1.29 is 28.0 Å². The Labute approximate surface area is 382 Å². The highest BCUT2D eigenvalue weighted by Crippen LogP contribution is 2.40. The molecule has 0 spiro atoms. The summed E-state index contributed by atoms with van der Waals surface area (Å²) in [6.45, 7) is 8.42. The van der Waals surface area contributed by atoms with E-state index >= 15 is 4.39 Å². The summed E-state index contributed by atoms with van der Waals surface area (Å²) in [5.74, 6) is -1.57. The quantitative estimate of drug-likeness (QED) is 0.128. The van der Waals surface area contributed by atoms with Crippen LogP contribution in [0.1, 0.15) is 85.5 Å². The van der Waals surface area contributed by atoms with Crippen molar-refractivity contribution in [1.29, 1.82) is 0 Å². The van der Waals surface area contributed by atoms with Crippen molar-refractivity contribution in [2.24, 2.45) is 7.05 Å². The average molecular weight is 900 g/mol. The third kappa shape index (κ3) is 8.90. The van der Waals surface area contributed by atoms with Crippen LogP contribution in [0.2, 0.25) is 0 Å². The Bertz CT molecular complexity index is 2820. The maximum absolute atomic E-state index is 16.8. The lowest BCUT2D eigenvalue weighted by Crippen LogP contribution is -2.46. The number of rotatable bonds is 14. The largest absolute Gasteiger partial charge is 0.450 e. The van der Waals surface area contributed by atoms with Gasteiger partial charge in [0.05, 0.1) is 16.4 Å². The number of furan rings is 1. The first-order valence-electron chi connectivity index (χ1n) is 23.4. The summed E-state index contributed by atoms with van der Waals surface area (Å²) in [6, 6.07) is 18.7. The number of amides is 4. The van der Waals surface area contributed by atoms with Crippen LogP contribution in [-0.4, -0.2) is 117 Å². The number of imidazole rings is 1. The third-order valence-electron chi connectivity index (χ3n) is 13.8. The molecule has 0 aliphatic carbocycles. The van der Waals surface area contributed by atoms with Gasteiger partial charge >= 0.3 is 5.69 Å². The molecule has 0 saturated carbocycles. The fourth-order valence-electron chi connectivity index (χ4n) is 10.2. The maximum Gasteiger partial charge on any atom is 0.329 e. The van der Waals surface area contributed by atoms with Gasteiger partial charge in [-0.1, -0.05) is 31.2 Å². The lowest BCUT2D eigenvalue weighted by atomic mass is 9.87. The van der Waals surface area contributed by atoms with E-state index in [0.29, 0.717) is 61.2 Å². The van der Waals surface area contributed by atoms with Crippen molar-refractivity contribution in [3.63, 3.8) is 0 Å². The van der Waals surface area contributed by atoms with Crippen LogP contribution in [0.25, 0.3) is 33.1 Å². The number of hydrogen-bond donors (Lipinski definition) is 1. The molecule has 6 heterocycles. The second-order valence-corrected chi connectivity index (χ2v) is 18.0. The van der Waals surface area contributed by atoms with Crippen molar-refractivity contribution >= 4 is 51.3 Å². The van der Waals surface area contributed by atoms with E-state index < -0.39 is 17.8 Å². The molecule has 3 aliphatic rings. The van der Waals surface area contributed by atoms with Gasteiger partial charge in [0.25, 0.3) is 5.91 Å². The Kier molecular flexibility index (Phi) is 12.9. The summed E-state index contributed by atoms with van der Waals surface area (Å²) in [5, 5.41) is 6.87. The second-order valence-electron chi connectivity index (χ2n) is 18.0. The Balaban J connectivity index is 0.879. The Morgan fingerprint density at radius 3 is 2.52 bits per heavy atom. The fraction of sp³-hybridized carbons (Fsp3) is 0.440. The highest BCUT2D eigenvalue weighted by molar-refractivity contribution is 6.01. The smallest absolute Gasteiger partial charge is 0.329 e. The second kappa shape index (κ2) is 19.1. The van der Waals surface area contributed by atoms with Crippen molar-refractivity contribution in [3.05, 3.63) is 106 Å². The van der Waals surface area contributed by atoms with E-state index in [1.54, 1.807) is 40.5 Å². The number of piperidine rings is 2. The number of nitrogens with one attached hydrogen (secondary N) is 1. The number of hydrogen-bond acceptors (Lipinski definition) is 9. The van der Waals surface area contributed by atoms with Gasteiger partial charge in [-0.05, 0) is 92.1 Å². The fourth-order valence-corrected chi connectivity index (χ4v) is 10.2. The molecule has 1 unspecified atom stereocenters. The van der Waals surface area contributed by atoms with Crippen LogP contribution in [0.15, 0.2) is 82.3 Å². The zero-order valence-corrected chi connectivity index (χ0v) is 38.0. The van der Waals surface area contributed by atoms with Gasteiger partial charge < -0.3 is 19.1 Å². The summed E-state index contributed by atoms with van der Waals surface area (Å²) < 4.78 is 27.9. The van der Waals surface area contributed by atoms with Crippen LogP contribution in [0, 0.1) is 5.82 Å². The summed E-state index contributed by atoms with van der Waals surface area (Å²) in [4.78, 5) is 73.0. The standard InChI is InChI=1S/C50H58FN9O6/c1-4-21-54(2)49(64)42-31-39-45(51)37(35-11-7-23-58(32-35)44(62)19-25-59-24-8-20-52-59)30-38(47(39)66-42)33-13-15-36(16-14-33)57-28-26-56(27-29-57)22-6-10-34-9-5-12-40-46(34)55(3)50(65)60(40)41-17-18-43(61)53-48(41)63/h5,8-9,12-16,20,24,30-31,35,41H,4,6-7,10-11,17-19,21-23,25-29,32H2,1-3H3,(H,53,61,63)/t35-,41?/m1/s1. The molecule has 3 fully saturated rings. The molecule has 16 heteroatoms. The topological polar surface area (TPSA) is 151 Å². The molecule has 9 rings (SSSR count). The zero-order chi connectivity index (χ0) is 46.1. The molecule has 346 valence electrons. The minimum absolute atomic E-state index is 0.0203. The van der Waals surface area contributed by atoms with Gasteiger partial charge in [0.15, 0.2) is 5.76 Å². The molecule has 3 aromatic carbocycles. The average Bonchev–Trinajstić information content (AvgIpc) is 4.08. The van der Waals surface area contributed by atoms with Crippen molar-refractivity contribution in [3.8, 4) is 11.1 Å². The number of likely N-dealkylation sites (tertiary alicyclic amines) is 1. The van der Waals surface area contributed by atoms with Crippen LogP contribution in [0.4, 0.5) is 10.1 Å². The monoisotopic (exact) mass is 899 g/mol. The molecule has 3 saturated heterocycles. The van der Waals surface area contributed by atoms with Gasteiger partial charge in [-0.3, -0.25) is 43.2 Å². The third-order valence-corrected chi connectivity index (χ3v) is 13.8. The first-order valence-corrected chi connectivity index (χ1v) is 23.4. The number of carbonyl (C=O) groups is 4. The van der Waals surface area contributed by atoms with E-state index in [4.69, 9.17) is 4.42 Å². The van der Waals surface area contributed by atoms with E-state index in [1.165, 1.54) is 4.57 Å². The summed E-state index contributed by atoms with van der Waals surface area (Å²) >= 11 is 0. The van der Waals surface area contributed by atoms with E-state index in [-0.39, 0.29) is 46.9 Å². The lowest BCUT2D eigenvalue weighted by molar-refractivity contribution is -0.136. The van der Waals surface area contributed by atoms with E-state index in [0.717, 1.165) is 87.2 Å². The van der Waals surface area contributed by atoms with Gasteiger partial charge in [-0.25, -0.2) is 9.18 Å². The summed E-state index contributed by atoms with van der Waals surface area (Å²) in [5.41, 5.74) is 5.82. The number of para-hydroxylation sites is 1. The minimum Gasteiger partial charge on any atom is -0.450 e. The number of piperazine rings is 1. The van der Waals surface area contributed by atoms with Gasteiger partial charge in [-0.2, -0.15) is 5.10 Å². The van der Waals surface area contributed by atoms with Gasteiger partial charge in [0, 0.05) is 115 Å². The minimum atomic E-state index is -0.714. The van der Waals surface area contributed by atoms with Gasteiger partial charge in [-0.15, -0.1) is 0 Å². The van der Waals surface area contributed by atoms with E-state index in [9.17, 15) is 24.0 Å². The van der Waals surface area contributed by atoms with Crippen LogP contribution in [0.5, 0.6) is 0 Å². The first kappa shape index (κ1) is 44.6. The number of nitrogens with zero attached hydrogens (tertiary/aromatic N) is 8. The first-order chi connectivity index (χ1) is 32.0. The summed E-state index contributed by atoms with van der Waals surface area (Å²) in [6.07, 6.45) is 8.28. The van der Waals surface area contributed by atoms with E-state index in [1.807, 2.05) is 60.5 Å². The molecule has 4 amide bonds. The SMILES string of the molecule is CCCN(C)C(=O)c1cc2c(F)c([C@@H]3CCCN(C(=O)CCn4cccn4)C3)cc(-c3ccc(N4CCN(CCCc5cccc6c5n(C)c(=O)n6C5CCC(=O)NC5=O)CC4)cc3)c2o1. The molecule has 3 aliphatic heterocycles. The van der Waals surface area contributed by atoms with Crippen LogP contribution < -0.4 is 15.9 Å². The van der Waals surface area contributed by atoms with Gasteiger partial charge in [0.2, 0.25) is 17.7 Å². The molecule has 0 radical (unpaired) electrons. The molecular formula is C50H58FN9O6. The molecular weight excluding hydrogens is 842 g/mol. The Morgan fingerprint density at radius 2 is 1.77 bits per heavy atom. The number of aryl methyl sites for hydroxylation is 3. The van der Waals surface area contributed by atoms with Crippen LogP contribution in [-0.2, 0) is 34.4 Å². The summed E-state index contributed by atoms with van der Waals surface area (Å²) in [7, 11) is 3.46. The lowest BCUT2D eigenvalue weighted by Gasteiger charge is -2.36. The highest BCUT2D eigenvalue weighted by atomic mass is 19.1. The molecule has 2 atom stereocenters.